The zero-order valence-electron chi connectivity index (χ0n) is 15.8. The Kier molecular flexibility index (Phi) is 5.60. The molecule has 3 rings (SSSR count). The highest BCUT2D eigenvalue weighted by molar-refractivity contribution is 8.01. The molecule has 0 bridgehead atoms. The Balaban J connectivity index is 1.85. The molecule has 0 radical (unpaired) electrons. The SMILES string of the molecule is CCCCc1nnn(CC2(C)SC3CC(=O)N3C2C(=O)O)c1CCCC. The van der Waals surface area contributed by atoms with Gasteiger partial charge in [-0.3, -0.25) is 4.79 Å². The van der Waals surface area contributed by atoms with Gasteiger partial charge in [0.15, 0.2) is 0 Å². The molecular weight excluding hydrogens is 352 g/mol. The Hall–Kier alpha value is -1.57. The fraction of sp³-hybridized carbons (Fsp3) is 0.778. The molecule has 2 aliphatic heterocycles. The lowest BCUT2D eigenvalue weighted by atomic mass is 9.96. The van der Waals surface area contributed by atoms with Crippen molar-refractivity contribution in [1.29, 1.82) is 0 Å². The van der Waals surface area contributed by atoms with E-state index in [2.05, 4.69) is 24.2 Å². The number of carbonyl (C=O) groups excluding carboxylic acids is 1. The van der Waals surface area contributed by atoms with E-state index in [4.69, 9.17) is 0 Å². The van der Waals surface area contributed by atoms with Gasteiger partial charge in [-0.25, -0.2) is 9.48 Å². The zero-order valence-corrected chi connectivity index (χ0v) is 16.6. The standard InChI is InChI=1S/C18H28N4O3S/c1-4-6-8-12-13(9-7-5-2)21(20-19-12)11-18(3)16(17(24)25)22-14(23)10-15(22)26-18/h15-16H,4-11H2,1-3H3,(H,24,25). The lowest BCUT2D eigenvalue weighted by molar-refractivity contribution is -0.157. The Labute approximate surface area is 158 Å². The van der Waals surface area contributed by atoms with Gasteiger partial charge < -0.3 is 10.0 Å². The molecule has 1 aromatic rings. The number of hydrogen-bond acceptors (Lipinski definition) is 5. The largest absolute Gasteiger partial charge is 0.480 e. The highest BCUT2D eigenvalue weighted by atomic mass is 32.2. The third-order valence-electron chi connectivity index (χ3n) is 5.36. The Morgan fingerprint density at radius 2 is 2.00 bits per heavy atom. The summed E-state index contributed by atoms with van der Waals surface area (Å²) in [6, 6.07) is -0.805. The van der Waals surface area contributed by atoms with Crippen LogP contribution in [0.4, 0.5) is 0 Å². The molecule has 7 nitrogen and oxygen atoms in total. The minimum Gasteiger partial charge on any atom is -0.480 e. The van der Waals surface area contributed by atoms with Crippen LogP contribution >= 0.6 is 11.8 Å². The monoisotopic (exact) mass is 380 g/mol. The number of β-lactam (4-membered cyclic amide) rings is 1. The predicted molar refractivity (Wildman–Crippen MR) is 99.9 cm³/mol. The van der Waals surface area contributed by atoms with Crippen molar-refractivity contribution in [2.24, 2.45) is 0 Å². The maximum Gasteiger partial charge on any atom is 0.327 e. The number of aromatic nitrogens is 3. The molecule has 3 unspecified atom stereocenters. The van der Waals surface area contributed by atoms with Gasteiger partial charge in [0, 0.05) is 0 Å². The van der Waals surface area contributed by atoms with Gasteiger partial charge in [-0.1, -0.05) is 31.9 Å². The molecule has 0 aromatic carbocycles. The third kappa shape index (κ3) is 3.35. The third-order valence-corrected chi connectivity index (χ3v) is 6.92. The molecule has 0 spiro atoms. The van der Waals surface area contributed by atoms with Crippen molar-refractivity contribution in [3.63, 3.8) is 0 Å². The average Bonchev–Trinajstić information content (AvgIpc) is 3.06. The van der Waals surface area contributed by atoms with Crippen molar-refractivity contribution >= 4 is 23.6 Å². The van der Waals surface area contributed by atoms with Gasteiger partial charge in [0.25, 0.3) is 0 Å². The van der Waals surface area contributed by atoms with Gasteiger partial charge in [0.2, 0.25) is 5.91 Å². The highest BCUT2D eigenvalue weighted by Gasteiger charge is 2.60. The minimum absolute atomic E-state index is 0.0178. The second-order valence-corrected chi connectivity index (χ2v) is 9.19. The summed E-state index contributed by atoms with van der Waals surface area (Å²) < 4.78 is 1.30. The lowest BCUT2D eigenvalue weighted by Gasteiger charge is -2.37. The van der Waals surface area contributed by atoms with Crippen LogP contribution in [0.5, 0.6) is 0 Å². The summed E-state index contributed by atoms with van der Waals surface area (Å²) in [5, 5.41) is 18.5. The molecule has 26 heavy (non-hydrogen) atoms. The van der Waals surface area contributed by atoms with E-state index < -0.39 is 16.8 Å². The van der Waals surface area contributed by atoms with Crippen LogP contribution in [0.15, 0.2) is 0 Å². The van der Waals surface area contributed by atoms with Crippen LogP contribution in [0.3, 0.4) is 0 Å². The first-order valence-corrected chi connectivity index (χ1v) is 10.4. The topological polar surface area (TPSA) is 88.3 Å². The molecular formula is C18H28N4O3S. The first-order valence-electron chi connectivity index (χ1n) is 9.54. The summed E-state index contributed by atoms with van der Waals surface area (Å²) in [5.41, 5.74) is 2.17. The Morgan fingerprint density at radius 1 is 1.31 bits per heavy atom. The maximum atomic E-state index is 11.9. The summed E-state index contributed by atoms with van der Waals surface area (Å²) >= 11 is 1.59. The van der Waals surface area contributed by atoms with Gasteiger partial charge in [0.1, 0.15) is 6.04 Å². The molecule has 2 fully saturated rings. The van der Waals surface area contributed by atoms with Crippen molar-refractivity contribution in [1.82, 2.24) is 19.9 Å². The van der Waals surface area contributed by atoms with E-state index in [-0.39, 0.29) is 11.3 Å². The number of hydrogen-bond donors (Lipinski definition) is 1. The molecule has 8 heteroatoms. The zero-order chi connectivity index (χ0) is 18.9. The van der Waals surface area contributed by atoms with Gasteiger partial charge in [0.05, 0.1) is 34.5 Å². The number of carboxylic acid groups (broad SMARTS) is 1. The summed E-state index contributed by atoms with van der Waals surface area (Å²) in [7, 11) is 0. The normalized spacial score (nSPS) is 27.5. The molecule has 144 valence electrons. The Morgan fingerprint density at radius 3 is 2.62 bits per heavy atom. The summed E-state index contributed by atoms with van der Waals surface area (Å²) in [6.45, 7) is 6.72. The van der Waals surface area contributed by atoms with E-state index in [0.717, 1.165) is 49.9 Å². The first kappa shape index (κ1) is 19.2. The van der Waals surface area contributed by atoms with E-state index in [1.165, 1.54) is 4.90 Å². The van der Waals surface area contributed by atoms with Crippen LogP contribution in [0.25, 0.3) is 0 Å². The fourth-order valence-corrected chi connectivity index (χ4v) is 5.67. The molecule has 0 aliphatic carbocycles. The molecule has 1 N–H and O–H groups in total. The maximum absolute atomic E-state index is 11.9. The number of rotatable bonds is 9. The van der Waals surface area contributed by atoms with Crippen molar-refractivity contribution in [2.45, 2.75) is 88.4 Å². The number of nitrogens with zero attached hydrogens (tertiary/aromatic N) is 4. The molecule has 2 aliphatic rings. The minimum atomic E-state index is -0.933. The Bertz CT molecular complexity index is 692. The van der Waals surface area contributed by atoms with Crippen LogP contribution < -0.4 is 0 Å². The predicted octanol–water partition coefficient (Wildman–Crippen LogP) is 2.48. The van der Waals surface area contributed by atoms with E-state index in [1.807, 2.05) is 11.6 Å². The van der Waals surface area contributed by atoms with Gasteiger partial charge in [-0.05, 0) is 32.6 Å². The molecule has 3 heterocycles. The number of carbonyl (C=O) groups is 2. The van der Waals surface area contributed by atoms with Crippen LogP contribution in [0.2, 0.25) is 0 Å². The van der Waals surface area contributed by atoms with E-state index in [0.29, 0.717) is 13.0 Å². The molecule has 3 atom stereocenters. The van der Waals surface area contributed by atoms with Gasteiger partial charge in [-0.15, -0.1) is 16.9 Å². The van der Waals surface area contributed by atoms with Crippen LogP contribution in [-0.4, -0.2) is 53.0 Å². The van der Waals surface area contributed by atoms with E-state index in [1.54, 1.807) is 11.8 Å². The molecule has 2 saturated heterocycles. The summed E-state index contributed by atoms with van der Waals surface area (Å²) in [5.74, 6) is -0.996. The van der Waals surface area contributed by atoms with Crippen molar-refractivity contribution in [3.8, 4) is 0 Å². The summed E-state index contributed by atoms with van der Waals surface area (Å²) in [6.07, 6.45) is 6.59. The summed E-state index contributed by atoms with van der Waals surface area (Å²) in [4.78, 5) is 25.3. The number of carboxylic acids is 1. The van der Waals surface area contributed by atoms with Crippen LogP contribution in [-0.2, 0) is 29.0 Å². The second kappa shape index (κ2) is 7.58. The van der Waals surface area contributed by atoms with Crippen molar-refractivity contribution < 1.29 is 14.7 Å². The number of unbranched alkanes of at least 4 members (excludes halogenated alkanes) is 2. The van der Waals surface area contributed by atoms with Gasteiger partial charge >= 0.3 is 5.97 Å². The second-order valence-electron chi connectivity index (χ2n) is 7.48. The number of thioether (sulfide) groups is 1. The number of aryl methyl sites for hydroxylation is 1. The van der Waals surface area contributed by atoms with Gasteiger partial charge in [-0.2, -0.15) is 0 Å². The fourth-order valence-electron chi connectivity index (χ4n) is 3.93. The quantitative estimate of drug-likeness (QED) is 0.662. The number of amides is 1. The molecule has 1 amide bonds. The lowest BCUT2D eigenvalue weighted by Crippen LogP contribution is -2.58. The van der Waals surface area contributed by atoms with E-state index in [9.17, 15) is 14.7 Å². The highest BCUT2D eigenvalue weighted by Crippen LogP contribution is 2.51. The number of aliphatic carboxylic acids is 1. The molecule has 0 saturated carbocycles. The van der Waals surface area contributed by atoms with Crippen LogP contribution in [0, 0.1) is 0 Å². The average molecular weight is 381 g/mol. The van der Waals surface area contributed by atoms with Crippen molar-refractivity contribution in [2.75, 3.05) is 0 Å². The molecule has 1 aromatic heterocycles. The first-order chi connectivity index (χ1) is 12.4. The van der Waals surface area contributed by atoms with E-state index >= 15 is 0 Å². The number of fused-ring (bicyclic) bond motifs is 1. The van der Waals surface area contributed by atoms with Crippen LogP contribution in [0.1, 0.15) is 64.3 Å². The van der Waals surface area contributed by atoms with Crippen molar-refractivity contribution in [3.05, 3.63) is 11.4 Å². The smallest absolute Gasteiger partial charge is 0.327 e.